The highest BCUT2D eigenvalue weighted by Crippen LogP contribution is 2.26. The number of aliphatic hydroxyl groups excluding tert-OH is 1. The molecule has 1 aliphatic carbocycles. The monoisotopic (exact) mass is 275 g/mol. The lowest BCUT2D eigenvalue weighted by Crippen LogP contribution is -2.36. The fourth-order valence-electron chi connectivity index (χ4n) is 2.97. The second-order valence-electron chi connectivity index (χ2n) is 5.75. The van der Waals surface area contributed by atoms with Crippen LogP contribution in [0, 0.1) is 5.92 Å². The summed E-state index contributed by atoms with van der Waals surface area (Å²) in [6.07, 6.45) is 5.67. The average Bonchev–Trinajstić information content (AvgIpc) is 2.50. The van der Waals surface area contributed by atoms with Gasteiger partial charge in [0, 0.05) is 26.1 Å². The van der Waals surface area contributed by atoms with Crippen LogP contribution in [-0.2, 0) is 17.6 Å². The first-order valence-electron chi connectivity index (χ1n) is 7.65. The van der Waals surface area contributed by atoms with Gasteiger partial charge in [-0.25, -0.2) is 0 Å². The van der Waals surface area contributed by atoms with Gasteiger partial charge >= 0.3 is 0 Å². The summed E-state index contributed by atoms with van der Waals surface area (Å²) in [7, 11) is 1.90. The number of fused-ring (bicyclic) bond motifs is 1. The predicted molar refractivity (Wildman–Crippen MR) is 80.5 cm³/mol. The van der Waals surface area contributed by atoms with Crippen molar-refractivity contribution in [1.82, 2.24) is 4.90 Å². The molecule has 2 rings (SSSR count). The summed E-state index contributed by atoms with van der Waals surface area (Å²) >= 11 is 0. The van der Waals surface area contributed by atoms with Crippen molar-refractivity contribution in [3.05, 3.63) is 35.4 Å². The van der Waals surface area contributed by atoms with Crippen molar-refractivity contribution < 1.29 is 9.90 Å². The maximum Gasteiger partial charge on any atom is 0.225 e. The Morgan fingerprint density at radius 2 is 2.00 bits per heavy atom. The number of rotatable bonds is 6. The lowest BCUT2D eigenvalue weighted by molar-refractivity contribution is -0.134. The fraction of sp³-hybridized carbons (Fsp3) is 0.588. The predicted octanol–water partition coefficient (Wildman–Crippen LogP) is 2.41. The first-order valence-corrected chi connectivity index (χ1v) is 7.65. The van der Waals surface area contributed by atoms with E-state index >= 15 is 0 Å². The number of hydrogen-bond acceptors (Lipinski definition) is 2. The van der Waals surface area contributed by atoms with Gasteiger partial charge in [0.2, 0.25) is 5.91 Å². The van der Waals surface area contributed by atoms with Gasteiger partial charge < -0.3 is 10.0 Å². The van der Waals surface area contributed by atoms with E-state index in [-0.39, 0.29) is 18.4 Å². The summed E-state index contributed by atoms with van der Waals surface area (Å²) in [5.41, 5.74) is 2.74. The van der Waals surface area contributed by atoms with Crippen molar-refractivity contribution in [3.63, 3.8) is 0 Å². The van der Waals surface area contributed by atoms with Gasteiger partial charge in [-0.3, -0.25) is 4.79 Å². The molecule has 1 N–H and O–H groups in total. The number of aliphatic hydroxyl groups is 1. The van der Waals surface area contributed by atoms with Gasteiger partial charge in [0.15, 0.2) is 0 Å². The molecule has 0 radical (unpaired) electrons. The Morgan fingerprint density at radius 1 is 1.25 bits per heavy atom. The molecule has 0 heterocycles. The van der Waals surface area contributed by atoms with Crippen molar-refractivity contribution in [2.75, 3.05) is 20.2 Å². The summed E-state index contributed by atoms with van der Waals surface area (Å²) in [5, 5.41) is 8.76. The molecule has 1 atom stereocenters. The molecule has 1 aromatic rings. The Balaban J connectivity index is 1.84. The minimum absolute atomic E-state index is 0.146. The summed E-state index contributed by atoms with van der Waals surface area (Å²) in [5.74, 6) is 0.427. The highest BCUT2D eigenvalue weighted by atomic mass is 16.2. The third kappa shape index (κ3) is 3.83. The Hall–Kier alpha value is -1.35. The summed E-state index contributed by atoms with van der Waals surface area (Å²) in [6, 6.07) is 8.46. The normalized spacial score (nSPS) is 17.6. The molecule has 1 amide bonds. The Labute approximate surface area is 121 Å². The van der Waals surface area contributed by atoms with Crippen LogP contribution < -0.4 is 0 Å². The molecule has 0 spiro atoms. The van der Waals surface area contributed by atoms with Crippen LogP contribution in [-0.4, -0.2) is 36.1 Å². The van der Waals surface area contributed by atoms with E-state index in [0.29, 0.717) is 0 Å². The van der Waals surface area contributed by atoms with Crippen LogP contribution in [0.15, 0.2) is 24.3 Å². The number of benzene rings is 1. The molecule has 0 saturated carbocycles. The zero-order valence-electron chi connectivity index (χ0n) is 12.3. The molecular weight excluding hydrogens is 250 g/mol. The lowest BCUT2D eigenvalue weighted by Gasteiger charge is -2.28. The molecule has 3 nitrogen and oxygen atoms in total. The van der Waals surface area contributed by atoms with Gasteiger partial charge in [-0.05, 0) is 49.7 Å². The second kappa shape index (κ2) is 7.44. The van der Waals surface area contributed by atoms with Crippen molar-refractivity contribution in [3.8, 4) is 0 Å². The topological polar surface area (TPSA) is 40.5 Å². The van der Waals surface area contributed by atoms with E-state index in [9.17, 15) is 4.79 Å². The maximum atomic E-state index is 12.4. The molecular formula is C17H25NO2. The van der Waals surface area contributed by atoms with Crippen LogP contribution in [0.2, 0.25) is 0 Å². The van der Waals surface area contributed by atoms with Gasteiger partial charge in [-0.15, -0.1) is 0 Å². The smallest absolute Gasteiger partial charge is 0.225 e. The molecule has 3 heteroatoms. The number of hydrogen-bond donors (Lipinski definition) is 1. The molecule has 0 bridgehead atoms. The van der Waals surface area contributed by atoms with Gasteiger partial charge in [-0.2, -0.15) is 0 Å². The first kappa shape index (κ1) is 15.0. The Kier molecular flexibility index (Phi) is 5.60. The average molecular weight is 275 g/mol. The largest absolute Gasteiger partial charge is 0.396 e. The quantitative estimate of drug-likeness (QED) is 0.810. The molecule has 0 saturated heterocycles. The standard InChI is InChI=1S/C17H25NO2/c1-18(11-5-2-6-12-19)17(20)16-10-9-14-7-3-4-8-15(14)13-16/h3-4,7-8,16,19H,2,5-6,9-13H2,1H3. The molecule has 20 heavy (non-hydrogen) atoms. The van der Waals surface area contributed by atoms with Crippen molar-refractivity contribution >= 4 is 5.91 Å². The summed E-state index contributed by atoms with van der Waals surface area (Å²) in [4.78, 5) is 14.3. The van der Waals surface area contributed by atoms with Crippen molar-refractivity contribution in [1.29, 1.82) is 0 Å². The van der Waals surface area contributed by atoms with Crippen LogP contribution in [0.25, 0.3) is 0 Å². The van der Waals surface area contributed by atoms with Crippen LogP contribution in [0.1, 0.15) is 36.8 Å². The molecule has 1 aromatic carbocycles. The van der Waals surface area contributed by atoms with E-state index in [1.807, 2.05) is 11.9 Å². The number of carbonyl (C=O) groups is 1. The number of carbonyl (C=O) groups excluding carboxylic acids is 1. The molecule has 0 aromatic heterocycles. The highest BCUT2D eigenvalue weighted by Gasteiger charge is 2.26. The molecule has 1 unspecified atom stereocenters. The number of unbranched alkanes of at least 4 members (excludes halogenated alkanes) is 2. The number of nitrogens with zero attached hydrogens (tertiary/aromatic N) is 1. The zero-order valence-corrected chi connectivity index (χ0v) is 12.3. The first-order chi connectivity index (χ1) is 9.72. The second-order valence-corrected chi connectivity index (χ2v) is 5.75. The van der Waals surface area contributed by atoms with Crippen molar-refractivity contribution in [2.45, 2.75) is 38.5 Å². The lowest BCUT2D eigenvalue weighted by atomic mass is 9.83. The number of amides is 1. The van der Waals surface area contributed by atoms with Crippen LogP contribution in [0.5, 0.6) is 0 Å². The van der Waals surface area contributed by atoms with Crippen LogP contribution >= 0.6 is 0 Å². The van der Waals surface area contributed by atoms with Gasteiger partial charge in [0.05, 0.1) is 0 Å². The van der Waals surface area contributed by atoms with Crippen molar-refractivity contribution in [2.24, 2.45) is 5.92 Å². The van der Waals surface area contributed by atoms with Crippen LogP contribution in [0.4, 0.5) is 0 Å². The highest BCUT2D eigenvalue weighted by molar-refractivity contribution is 5.79. The fourth-order valence-corrected chi connectivity index (χ4v) is 2.97. The molecule has 110 valence electrons. The third-order valence-electron chi connectivity index (χ3n) is 4.22. The summed E-state index contributed by atoms with van der Waals surface area (Å²) < 4.78 is 0. The SMILES string of the molecule is CN(CCCCCO)C(=O)C1CCc2ccccc2C1. The van der Waals surface area contributed by atoms with Gasteiger partial charge in [-0.1, -0.05) is 24.3 Å². The van der Waals surface area contributed by atoms with E-state index < -0.39 is 0 Å². The Bertz CT molecular complexity index is 444. The maximum absolute atomic E-state index is 12.4. The van der Waals surface area contributed by atoms with E-state index in [1.165, 1.54) is 11.1 Å². The number of aryl methyl sites for hydroxylation is 1. The van der Waals surface area contributed by atoms with E-state index in [4.69, 9.17) is 5.11 Å². The minimum atomic E-state index is 0.146. The third-order valence-corrected chi connectivity index (χ3v) is 4.22. The summed E-state index contributed by atoms with van der Waals surface area (Å²) in [6.45, 7) is 1.05. The molecule has 0 fully saturated rings. The van der Waals surface area contributed by atoms with E-state index in [1.54, 1.807) is 0 Å². The van der Waals surface area contributed by atoms with E-state index in [2.05, 4.69) is 24.3 Å². The Morgan fingerprint density at radius 3 is 2.75 bits per heavy atom. The van der Waals surface area contributed by atoms with Gasteiger partial charge in [0.1, 0.15) is 0 Å². The van der Waals surface area contributed by atoms with Gasteiger partial charge in [0.25, 0.3) is 0 Å². The van der Waals surface area contributed by atoms with Crippen LogP contribution in [0.3, 0.4) is 0 Å². The zero-order chi connectivity index (χ0) is 14.4. The molecule has 0 aliphatic heterocycles. The van der Waals surface area contributed by atoms with E-state index in [0.717, 1.165) is 45.1 Å². The molecule has 1 aliphatic rings. The minimum Gasteiger partial charge on any atom is -0.396 e.